The highest BCUT2D eigenvalue weighted by Crippen LogP contribution is 2.52. The molecule has 3 aromatic carbocycles. The predicted octanol–water partition coefficient (Wildman–Crippen LogP) is 5.76. The van der Waals surface area contributed by atoms with Gasteiger partial charge in [-0.2, -0.15) is 4.98 Å². The van der Waals surface area contributed by atoms with Crippen molar-refractivity contribution in [1.82, 2.24) is 29.8 Å². The summed E-state index contributed by atoms with van der Waals surface area (Å²) in [6.07, 6.45) is 3.24. The molecule has 1 N–H and O–H groups in total. The fourth-order valence-corrected chi connectivity index (χ4v) is 6.02. The lowest BCUT2D eigenvalue weighted by molar-refractivity contribution is 0.375. The highest BCUT2D eigenvalue weighted by atomic mass is 19.1. The van der Waals surface area contributed by atoms with Gasteiger partial charge in [0.1, 0.15) is 11.6 Å². The van der Waals surface area contributed by atoms with Crippen molar-refractivity contribution in [2.24, 2.45) is 0 Å². The van der Waals surface area contributed by atoms with E-state index in [1.54, 1.807) is 10.6 Å². The van der Waals surface area contributed by atoms with Crippen LogP contribution in [0.25, 0.3) is 22.5 Å². The standard InChI is InChI=1S/C35H31FN6O4/c1-3-7-29-37-21(2)28(19-30-38-33(41-45-30)35(16-17-35)24-8-6-9-25(36)18-24)32(43)42(29)20-22-12-14-23(15-13-22)26-10-4-5-11-27(26)31-39-34(44)46-40-31/h4-6,8-15,18H,3,7,16-17,19-20H2,1-2H3,(H,39,40,44). The Bertz CT molecular complexity index is 2160. The van der Waals surface area contributed by atoms with Gasteiger partial charge in [-0.05, 0) is 60.6 Å². The van der Waals surface area contributed by atoms with Crippen molar-refractivity contribution in [1.29, 1.82) is 0 Å². The van der Waals surface area contributed by atoms with Crippen molar-refractivity contribution in [3.05, 3.63) is 139 Å². The average molecular weight is 619 g/mol. The Kier molecular flexibility index (Phi) is 7.51. The zero-order valence-electron chi connectivity index (χ0n) is 25.4. The quantitative estimate of drug-likeness (QED) is 0.205. The lowest BCUT2D eigenvalue weighted by atomic mass is 9.95. The molecule has 0 unspecified atom stereocenters. The second kappa shape index (κ2) is 11.8. The molecule has 1 saturated carbocycles. The van der Waals surface area contributed by atoms with Gasteiger partial charge in [-0.3, -0.25) is 18.9 Å². The molecule has 1 fully saturated rings. The van der Waals surface area contributed by atoms with Gasteiger partial charge < -0.3 is 4.52 Å². The third-order valence-corrected chi connectivity index (χ3v) is 8.60. The van der Waals surface area contributed by atoms with Crippen LogP contribution in [0.15, 0.2) is 91.4 Å². The number of aryl methyl sites for hydroxylation is 2. The first-order valence-corrected chi connectivity index (χ1v) is 15.3. The van der Waals surface area contributed by atoms with Gasteiger partial charge in [-0.1, -0.05) is 77.9 Å². The van der Waals surface area contributed by atoms with Crippen LogP contribution < -0.4 is 11.3 Å². The minimum absolute atomic E-state index is 0.147. The SMILES string of the molecule is CCCc1nc(C)c(Cc2nc(C3(c4cccc(F)c4)CC3)no2)c(=O)n1Cc1ccc(-c2ccccc2-c2noc(=O)[nH]2)cc1. The number of nitrogens with one attached hydrogen (secondary N) is 1. The minimum atomic E-state index is -0.616. The Morgan fingerprint density at radius 3 is 2.41 bits per heavy atom. The number of halogens is 1. The molecule has 7 rings (SSSR count). The molecule has 3 aromatic heterocycles. The van der Waals surface area contributed by atoms with Crippen LogP contribution in [0, 0.1) is 12.7 Å². The van der Waals surface area contributed by atoms with Crippen LogP contribution in [0.3, 0.4) is 0 Å². The van der Waals surface area contributed by atoms with Crippen LogP contribution in [0.2, 0.25) is 0 Å². The maximum Gasteiger partial charge on any atom is 0.439 e. The van der Waals surface area contributed by atoms with E-state index in [1.165, 1.54) is 12.1 Å². The van der Waals surface area contributed by atoms with Crippen LogP contribution >= 0.6 is 0 Å². The van der Waals surface area contributed by atoms with E-state index < -0.39 is 11.2 Å². The van der Waals surface area contributed by atoms with E-state index >= 15 is 0 Å². The van der Waals surface area contributed by atoms with Crippen molar-refractivity contribution in [3.8, 4) is 22.5 Å². The van der Waals surface area contributed by atoms with Crippen LogP contribution in [0.4, 0.5) is 4.39 Å². The number of aromatic nitrogens is 6. The molecule has 1 aliphatic rings. The maximum absolute atomic E-state index is 14.0. The van der Waals surface area contributed by atoms with E-state index in [9.17, 15) is 14.0 Å². The number of benzene rings is 3. The molecular weight excluding hydrogens is 587 g/mol. The summed E-state index contributed by atoms with van der Waals surface area (Å²) in [5.74, 6) is 0.991. The smallest absolute Gasteiger partial charge is 0.339 e. The summed E-state index contributed by atoms with van der Waals surface area (Å²) in [5.41, 5.74) is 4.82. The fraction of sp³-hybridized carbons (Fsp3) is 0.257. The molecule has 0 spiro atoms. The van der Waals surface area contributed by atoms with Crippen molar-refractivity contribution in [2.45, 2.75) is 57.9 Å². The third kappa shape index (κ3) is 5.48. The number of aromatic amines is 1. The first kappa shape index (κ1) is 29.3. The van der Waals surface area contributed by atoms with E-state index in [1.807, 2.05) is 61.5 Å². The Balaban J connectivity index is 1.17. The van der Waals surface area contributed by atoms with Gasteiger partial charge in [0.05, 0.1) is 18.4 Å². The molecule has 0 amide bonds. The highest BCUT2D eigenvalue weighted by molar-refractivity contribution is 5.80. The predicted molar refractivity (Wildman–Crippen MR) is 168 cm³/mol. The van der Waals surface area contributed by atoms with Crippen molar-refractivity contribution in [3.63, 3.8) is 0 Å². The number of hydrogen-bond donors (Lipinski definition) is 1. The first-order chi connectivity index (χ1) is 22.3. The zero-order valence-corrected chi connectivity index (χ0v) is 25.4. The van der Waals surface area contributed by atoms with Gasteiger partial charge in [0.15, 0.2) is 11.6 Å². The number of nitrogens with zero attached hydrogens (tertiary/aromatic N) is 5. The Morgan fingerprint density at radius 1 is 0.935 bits per heavy atom. The molecule has 6 aromatic rings. The molecule has 11 heteroatoms. The molecule has 0 bridgehead atoms. The summed E-state index contributed by atoms with van der Waals surface area (Å²) in [6, 6.07) is 22.0. The molecule has 1 aliphatic carbocycles. The Hall–Kier alpha value is -5.45. The number of rotatable bonds is 10. The number of H-pyrrole nitrogens is 1. The second-order valence-electron chi connectivity index (χ2n) is 11.7. The zero-order chi connectivity index (χ0) is 31.8. The summed E-state index contributed by atoms with van der Waals surface area (Å²) >= 11 is 0. The molecule has 10 nitrogen and oxygen atoms in total. The molecule has 3 heterocycles. The largest absolute Gasteiger partial charge is 0.439 e. The third-order valence-electron chi connectivity index (χ3n) is 8.60. The van der Waals surface area contributed by atoms with E-state index in [4.69, 9.17) is 14.0 Å². The van der Waals surface area contributed by atoms with Gasteiger partial charge in [0.25, 0.3) is 5.56 Å². The maximum atomic E-state index is 14.0. The second-order valence-corrected chi connectivity index (χ2v) is 11.7. The summed E-state index contributed by atoms with van der Waals surface area (Å²) < 4.78 is 26.0. The van der Waals surface area contributed by atoms with Crippen LogP contribution in [0.1, 0.15) is 66.1 Å². The van der Waals surface area contributed by atoms with Crippen LogP contribution in [-0.4, -0.2) is 29.8 Å². The molecule has 232 valence electrons. The fourth-order valence-electron chi connectivity index (χ4n) is 6.02. The lowest BCUT2D eigenvalue weighted by Gasteiger charge is -2.16. The Labute approximate surface area is 263 Å². The molecule has 0 radical (unpaired) electrons. The van der Waals surface area contributed by atoms with E-state index in [0.29, 0.717) is 47.6 Å². The Morgan fingerprint density at radius 2 is 1.72 bits per heavy atom. The monoisotopic (exact) mass is 618 g/mol. The van der Waals surface area contributed by atoms with Crippen molar-refractivity contribution in [2.75, 3.05) is 0 Å². The van der Waals surface area contributed by atoms with E-state index in [-0.39, 0.29) is 17.8 Å². The van der Waals surface area contributed by atoms with Gasteiger partial charge in [-0.25, -0.2) is 14.2 Å². The number of hydrogen-bond acceptors (Lipinski definition) is 8. The van der Waals surface area contributed by atoms with Crippen LogP contribution in [0.5, 0.6) is 0 Å². The van der Waals surface area contributed by atoms with E-state index in [0.717, 1.165) is 47.1 Å². The van der Waals surface area contributed by atoms with Crippen molar-refractivity contribution >= 4 is 0 Å². The van der Waals surface area contributed by atoms with Crippen molar-refractivity contribution < 1.29 is 13.4 Å². The average Bonchev–Trinajstić information content (AvgIpc) is 3.53. The molecule has 0 aliphatic heterocycles. The van der Waals surface area contributed by atoms with Gasteiger partial charge in [-0.15, -0.1) is 0 Å². The summed E-state index contributed by atoms with van der Waals surface area (Å²) in [5, 5.41) is 8.09. The molecular formula is C35H31FN6O4. The first-order valence-electron chi connectivity index (χ1n) is 15.3. The molecule has 46 heavy (non-hydrogen) atoms. The topological polar surface area (TPSA) is 133 Å². The summed E-state index contributed by atoms with van der Waals surface area (Å²) in [4.78, 5) is 37.7. The van der Waals surface area contributed by atoms with Gasteiger partial charge >= 0.3 is 5.76 Å². The lowest BCUT2D eigenvalue weighted by Crippen LogP contribution is -2.30. The summed E-state index contributed by atoms with van der Waals surface area (Å²) in [6.45, 7) is 4.23. The molecule has 0 saturated heterocycles. The van der Waals surface area contributed by atoms with Gasteiger partial charge in [0, 0.05) is 23.2 Å². The van der Waals surface area contributed by atoms with Gasteiger partial charge in [0.2, 0.25) is 5.89 Å². The van der Waals surface area contributed by atoms with Crippen LogP contribution in [-0.2, 0) is 24.8 Å². The summed E-state index contributed by atoms with van der Waals surface area (Å²) in [7, 11) is 0. The van der Waals surface area contributed by atoms with E-state index in [2.05, 4.69) is 27.2 Å². The highest BCUT2D eigenvalue weighted by Gasteiger charge is 2.50. The molecule has 0 atom stereocenters. The normalized spacial score (nSPS) is 13.6. The minimum Gasteiger partial charge on any atom is -0.339 e.